The number of hydrogen-bond donors (Lipinski definition) is 1. The molecule has 5 rings (SSSR count). The summed E-state index contributed by atoms with van der Waals surface area (Å²) in [5.74, 6) is -2.70. The highest BCUT2D eigenvalue weighted by Crippen LogP contribution is 2.55. The zero-order valence-electron chi connectivity index (χ0n) is 18.3. The van der Waals surface area contributed by atoms with Crippen molar-refractivity contribution in [2.75, 3.05) is 4.90 Å². The van der Waals surface area contributed by atoms with Crippen molar-refractivity contribution in [2.45, 2.75) is 50.2 Å². The molecule has 2 heterocycles. The summed E-state index contributed by atoms with van der Waals surface area (Å²) < 4.78 is 57.2. The third-order valence-corrected chi connectivity index (χ3v) is 6.82. The molecule has 1 aliphatic carbocycles. The summed E-state index contributed by atoms with van der Waals surface area (Å²) in [5.41, 5.74) is 0.476. The van der Waals surface area contributed by atoms with Crippen LogP contribution in [-0.2, 0) is 32.0 Å². The highest BCUT2D eigenvalue weighted by atomic mass is 19.3. The van der Waals surface area contributed by atoms with Crippen molar-refractivity contribution in [1.82, 2.24) is 14.8 Å². The van der Waals surface area contributed by atoms with E-state index in [0.29, 0.717) is 17.1 Å². The molecule has 0 bridgehead atoms. The maximum Gasteiger partial charge on any atom is 0.264 e. The van der Waals surface area contributed by atoms with Crippen molar-refractivity contribution in [3.8, 4) is 0 Å². The number of nitrogens with zero attached hydrogens (tertiary/aromatic N) is 4. The predicted octanol–water partition coefficient (Wildman–Crippen LogP) is 4.32. The highest BCUT2D eigenvalue weighted by Gasteiger charge is 2.57. The molecule has 1 aliphatic heterocycles. The molecular formula is C24H22F4N4O2. The standard InChI is InChI=1S/C24H22F4N4O2/c1-31-13-29-30-20(31)8-23(11-24(27,28)12-23)15-3-2-4-16(7-15)32-9-19-17(21(25)26)5-14(10-33)6-18(19)22(32)34/h2-7,13,21,33H,8-12H2,1H3. The third kappa shape index (κ3) is 3.66. The Morgan fingerprint density at radius 1 is 1.18 bits per heavy atom. The average molecular weight is 474 g/mol. The minimum Gasteiger partial charge on any atom is -0.392 e. The van der Waals surface area contributed by atoms with Gasteiger partial charge in [0.1, 0.15) is 12.2 Å². The summed E-state index contributed by atoms with van der Waals surface area (Å²) in [4.78, 5) is 14.5. The fraction of sp³-hybridized carbons (Fsp3) is 0.375. The van der Waals surface area contributed by atoms with Gasteiger partial charge in [0.15, 0.2) is 0 Å². The lowest BCUT2D eigenvalue weighted by molar-refractivity contribution is -0.127. The van der Waals surface area contributed by atoms with Crippen molar-refractivity contribution in [1.29, 1.82) is 0 Å². The zero-order chi connectivity index (χ0) is 24.3. The van der Waals surface area contributed by atoms with Crippen molar-refractivity contribution < 1.29 is 27.5 Å². The first-order valence-corrected chi connectivity index (χ1v) is 10.8. The van der Waals surface area contributed by atoms with E-state index in [0.717, 1.165) is 0 Å². The van der Waals surface area contributed by atoms with E-state index in [1.807, 2.05) is 0 Å². The molecule has 6 nitrogen and oxygen atoms in total. The summed E-state index contributed by atoms with van der Waals surface area (Å²) >= 11 is 0. The molecule has 2 aromatic carbocycles. The average Bonchev–Trinajstić information content (AvgIpc) is 3.34. The molecule has 34 heavy (non-hydrogen) atoms. The number of benzene rings is 2. The second kappa shape index (κ2) is 7.90. The number of halogens is 4. The normalized spacial score (nSPS) is 18.3. The molecule has 1 saturated carbocycles. The highest BCUT2D eigenvalue weighted by molar-refractivity contribution is 6.10. The van der Waals surface area contributed by atoms with Gasteiger partial charge < -0.3 is 14.6 Å². The number of carbonyl (C=O) groups excluding carboxylic acids is 1. The van der Waals surface area contributed by atoms with Gasteiger partial charge in [0, 0.05) is 48.5 Å². The number of alkyl halides is 4. The largest absolute Gasteiger partial charge is 0.392 e. The van der Waals surface area contributed by atoms with Gasteiger partial charge in [0.05, 0.1) is 13.2 Å². The number of hydrogen-bond acceptors (Lipinski definition) is 4. The molecule has 0 spiro atoms. The van der Waals surface area contributed by atoms with Crippen LogP contribution in [0.25, 0.3) is 0 Å². The third-order valence-electron chi connectivity index (χ3n) is 6.82. The Morgan fingerprint density at radius 2 is 1.94 bits per heavy atom. The van der Waals surface area contributed by atoms with E-state index < -0.39 is 30.3 Å². The molecule has 0 radical (unpaired) electrons. The topological polar surface area (TPSA) is 71.2 Å². The Bertz CT molecular complexity index is 1270. The van der Waals surface area contributed by atoms with Gasteiger partial charge in [0.25, 0.3) is 12.3 Å². The van der Waals surface area contributed by atoms with Gasteiger partial charge in [-0.2, -0.15) is 0 Å². The number of aliphatic hydroxyl groups is 1. The number of fused-ring (bicyclic) bond motifs is 1. The van der Waals surface area contributed by atoms with Crippen LogP contribution in [-0.4, -0.2) is 31.7 Å². The van der Waals surface area contributed by atoms with Gasteiger partial charge in [-0.1, -0.05) is 12.1 Å². The fourth-order valence-corrected chi connectivity index (χ4v) is 5.14. The first kappa shape index (κ1) is 22.5. The van der Waals surface area contributed by atoms with Crippen LogP contribution in [0.2, 0.25) is 0 Å². The number of anilines is 1. The molecular weight excluding hydrogens is 452 g/mol. The summed E-state index contributed by atoms with van der Waals surface area (Å²) in [5, 5.41) is 17.3. The number of carbonyl (C=O) groups is 1. The Labute approximate surface area is 192 Å². The van der Waals surface area contributed by atoms with Crippen LogP contribution in [0.3, 0.4) is 0 Å². The lowest BCUT2D eigenvalue weighted by Gasteiger charge is -2.48. The van der Waals surface area contributed by atoms with E-state index in [2.05, 4.69) is 10.2 Å². The number of aromatic nitrogens is 3. The molecule has 0 saturated heterocycles. The molecule has 1 aromatic heterocycles. The molecule has 1 N–H and O–H groups in total. The summed E-state index contributed by atoms with van der Waals surface area (Å²) in [6, 6.07) is 9.41. The first-order valence-electron chi connectivity index (χ1n) is 10.8. The summed E-state index contributed by atoms with van der Waals surface area (Å²) in [6.07, 6.45) is -1.75. The van der Waals surface area contributed by atoms with Crippen molar-refractivity contribution in [3.63, 3.8) is 0 Å². The number of aliphatic hydroxyl groups excluding tert-OH is 1. The first-order chi connectivity index (χ1) is 16.1. The minimum atomic E-state index is -2.80. The van der Waals surface area contributed by atoms with Crippen molar-refractivity contribution in [3.05, 3.63) is 76.4 Å². The monoisotopic (exact) mass is 474 g/mol. The van der Waals surface area contributed by atoms with E-state index in [-0.39, 0.29) is 48.1 Å². The Hall–Kier alpha value is -3.27. The van der Waals surface area contributed by atoms with Gasteiger partial charge in [-0.15, -0.1) is 10.2 Å². The van der Waals surface area contributed by atoms with E-state index in [1.54, 1.807) is 35.9 Å². The lowest BCUT2D eigenvalue weighted by atomic mass is 9.60. The van der Waals surface area contributed by atoms with Crippen LogP contribution >= 0.6 is 0 Å². The lowest BCUT2D eigenvalue weighted by Crippen LogP contribution is -2.51. The number of aryl methyl sites for hydroxylation is 1. The Kier molecular flexibility index (Phi) is 5.23. The van der Waals surface area contributed by atoms with Gasteiger partial charge in [-0.3, -0.25) is 4.79 Å². The predicted molar refractivity (Wildman–Crippen MR) is 115 cm³/mol. The van der Waals surface area contributed by atoms with Crippen LogP contribution < -0.4 is 4.90 Å². The number of amides is 1. The molecule has 1 amide bonds. The second-order valence-corrected chi connectivity index (χ2v) is 9.14. The van der Waals surface area contributed by atoms with Crippen molar-refractivity contribution in [2.24, 2.45) is 7.05 Å². The smallest absolute Gasteiger partial charge is 0.264 e. The molecule has 178 valence electrons. The molecule has 0 atom stereocenters. The molecule has 3 aromatic rings. The van der Waals surface area contributed by atoms with Crippen LogP contribution in [0, 0.1) is 0 Å². The van der Waals surface area contributed by atoms with Gasteiger partial charge in [-0.25, -0.2) is 17.6 Å². The van der Waals surface area contributed by atoms with Gasteiger partial charge in [-0.05, 0) is 41.0 Å². The van der Waals surface area contributed by atoms with E-state index in [1.165, 1.54) is 23.4 Å². The number of rotatable bonds is 6. The second-order valence-electron chi connectivity index (χ2n) is 9.14. The molecule has 1 fully saturated rings. The Balaban J connectivity index is 1.51. The molecule has 2 aliphatic rings. The minimum absolute atomic E-state index is 0.0601. The van der Waals surface area contributed by atoms with E-state index in [9.17, 15) is 27.5 Å². The van der Waals surface area contributed by atoms with Gasteiger partial charge >= 0.3 is 0 Å². The van der Waals surface area contributed by atoms with E-state index in [4.69, 9.17) is 0 Å². The van der Waals surface area contributed by atoms with Crippen LogP contribution in [0.1, 0.15) is 57.7 Å². The maximum atomic E-state index is 14.1. The van der Waals surface area contributed by atoms with Gasteiger partial charge in [0.2, 0.25) is 5.92 Å². The maximum absolute atomic E-state index is 14.1. The van der Waals surface area contributed by atoms with Crippen LogP contribution in [0.15, 0.2) is 42.7 Å². The SMILES string of the molecule is Cn1cnnc1CC1(c2cccc(N3Cc4c(cc(CO)cc4C(F)F)C3=O)c2)CC(F)(F)C1. The fourth-order valence-electron chi connectivity index (χ4n) is 5.14. The quantitative estimate of drug-likeness (QED) is 0.541. The molecule has 10 heteroatoms. The zero-order valence-corrected chi connectivity index (χ0v) is 18.3. The van der Waals surface area contributed by atoms with Crippen LogP contribution in [0.5, 0.6) is 0 Å². The van der Waals surface area contributed by atoms with Crippen molar-refractivity contribution >= 4 is 11.6 Å². The Morgan fingerprint density at radius 3 is 2.56 bits per heavy atom. The summed E-state index contributed by atoms with van der Waals surface area (Å²) in [7, 11) is 1.75. The molecule has 0 unspecified atom stereocenters. The summed E-state index contributed by atoms with van der Waals surface area (Å²) in [6.45, 7) is -0.524. The van der Waals surface area contributed by atoms with E-state index >= 15 is 0 Å². The van der Waals surface area contributed by atoms with Crippen LogP contribution in [0.4, 0.5) is 23.2 Å².